The minimum Gasteiger partial charge on any atom is -0.396 e. The van der Waals surface area contributed by atoms with E-state index < -0.39 is 0 Å². The summed E-state index contributed by atoms with van der Waals surface area (Å²) in [6.07, 6.45) is 0. The molecule has 0 heterocycles. The van der Waals surface area contributed by atoms with Crippen LogP contribution in [0.5, 0.6) is 0 Å². The molecule has 2 aromatic carbocycles. The van der Waals surface area contributed by atoms with Crippen molar-refractivity contribution in [3.8, 4) is 11.1 Å². The lowest BCUT2D eigenvalue weighted by Gasteiger charge is -2.09. The quantitative estimate of drug-likeness (QED) is 0.826. The summed E-state index contributed by atoms with van der Waals surface area (Å²) in [7, 11) is 0. The van der Waals surface area contributed by atoms with E-state index in [1.807, 2.05) is 25.1 Å². The number of aliphatic hydroxyl groups is 1. The van der Waals surface area contributed by atoms with E-state index in [1.54, 1.807) is 0 Å². The first-order chi connectivity index (χ1) is 7.81. The van der Waals surface area contributed by atoms with Crippen LogP contribution in [0.4, 0.5) is 0 Å². The van der Waals surface area contributed by atoms with E-state index in [9.17, 15) is 0 Å². The van der Waals surface area contributed by atoms with E-state index in [2.05, 4.69) is 36.4 Å². The van der Waals surface area contributed by atoms with Crippen molar-refractivity contribution in [2.24, 2.45) is 0 Å². The highest BCUT2D eigenvalue weighted by Gasteiger charge is 2.03. The maximum atomic E-state index is 9.07. The van der Waals surface area contributed by atoms with Crippen molar-refractivity contribution >= 4 is 0 Å². The Bertz CT molecular complexity index is 431. The van der Waals surface area contributed by atoms with Gasteiger partial charge in [-0.3, -0.25) is 0 Å². The molecule has 0 saturated heterocycles. The Morgan fingerprint density at radius 1 is 0.875 bits per heavy atom. The number of hydrogen-bond acceptors (Lipinski definition) is 1. The van der Waals surface area contributed by atoms with Crippen LogP contribution in [0.1, 0.15) is 18.4 Å². The highest BCUT2D eigenvalue weighted by Crippen LogP contribution is 2.22. The molecule has 0 saturated carbocycles. The van der Waals surface area contributed by atoms with Crippen LogP contribution in [0.25, 0.3) is 11.1 Å². The van der Waals surface area contributed by atoms with Gasteiger partial charge in [-0.15, -0.1) is 0 Å². The van der Waals surface area contributed by atoms with Crippen LogP contribution >= 0.6 is 0 Å². The van der Waals surface area contributed by atoms with Crippen molar-refractivity contribution in [3.63, 3.8) is 0 Å². The van der Waals surface area contributed by atoms with Crippen LogP contribution in [-0.4, -0.2) is 11.7 Å². The third-order valence-corrected chi connectivity index (χ3v) is 2.86. The van der Waals surface area contributed by atoms with Gasteiger partial charge in [0.2, 0.25) is 0 Å². The van der Waals surface area contributed by atoms with Gasteiger partial charge in [0, 0.05) is 12.5 Å². The molecule has 1 N–H and O–H groups in total. The van der Waals surface area contributed by atoms with Crippen molar-refractivity contribution in [2.45, 2.75) is 12.8 Å². The Morgan fingerprint density at radius 2 is 1.44 bits per heavy atom. The number of aliphatic hydroxyl groups excluding tert-OH is 1. The molecular weight excluding hydrogens is 196 g/mol. The highest BCUT2D eigenvalue weighted by atomic mass is 16.3. The molecule has 0 aromatic heterocycles. The lowest BCUT2D eigenvalue weighted by molar-refractivity contribution is 0.273. The third kappa shape index (κ3) is 2.31. The molecule has 0 fully saturated rings. The molecule has 0 unspecified atom stereocenters. The van der Waals surface area contributed by atoms with Gasteiger partial charge >= 0.3 is 0 Å². The zero-order valence-electron chi connectivity index (χ0n) is 9.43. The fourth-order valence-electron chi connectivity index (χ4n) is 1.74. The van der Waals surface area contributed by atoms with Crippen LogP contribution in [0, 0.1) is 0 Å². The fraction of sp³-hybridized carbons (Fsp3) is 0.200. The molecule has 0 aliphatic rings. The summed E-state index contributed by atoms with van der Waals surface area (Å²) < 4.78 is 0. The Hall–Kier alpha value is -1.60. The molecule has 1 atom stereocenters. The smallest absolute Gasteiger partial charge is 0.0497 e. The van der Waals surface area contributed by atoms with E-state index in [1.165, 1.54) is 16.7 Å². The number of hydrogen-bond donors (Lipinski definition) is 1. The second-order valence-electron chi connectivity index (χ2n) is 4.07. The van der Waals surface area contributed by atoms with Crippen molar-refractivity contribution in [2.75, 3.05) is 6.61 Å². The van der Waals surface area contributed by atoms with E-state index >= 15 is 0 Å². The van der Waals surface area contributed by atoms with E-state index in [4.69, 9.17) is 5.11 Å². The normalized spacial score (nSPS) is 12.4. The molecule has 2 aromatic rings. The summed E-state index contributed by atoms with van der Waals surface area (Å²) >= 11 is 0. The zero-order chi connectivity index (χ0) is 11.4. The Labute approximate surface area is 96.4 Å². The SMILES string of the molecule is C[C@H](CO)c1ccc(-c2ccccc2)cc1. The Morgan fingerprint density at radius 3 is 2.00 bits per heavy atom. The lowest BCUT2D eigenvalue weighted by Crippen LogP contribution is -1.98. The molecular formula is C15H16O. The van der Waals surface area contributed by atoms with Crippen molar-refractivity contribution < 1.29 is 5.11 Å². The number of benzene rings is 2. The minimum atomic E-state index is 0.199. The maximum Gasteiger partial charge on any atom is 0.0497 e. The standard InChI is InChI=1S/C15H16O/c1-12(11-16)13-7-9-15(10-8-13)14-5-3-2-4-6-14/h2-10,12,16H,11H2,1H3/t12-/m1/s1. The molecule has 1 nitrogen and oxygen atoms in total. The molecule has 0 aliphatic heterocycles. The van der Waals surface area contributed by atoms with Crippen LogP contribution in [0.2, 0.25) is 0 Å². The average molecular weight is 212 g/mol. The third-order valence-electron chi connectivity index (χ3n) is 2.86. The number of rotatable bonds is 3. The molecule has 0 aliphatic carbocycles. The largest absolute Gasteiger partial charge is 0.396 e. The predicted molar refractivity (Wildman–Crippen MR) is 67.4 cm³/mol. The molecule has 82 valence electrons. The van der Waals surface area contributed by atoms with Gasteiger partial charge in [0.15, 0.2) is 0 Å². The van der Waals surface area contributed by atoms with E-state index in [0.29, 0.717) is 0 Å². The first-order valence-corrected chi connectivity index (χ1v) is 5.57. The summed E-state index contributed by atoms with van der Waals surface area (Å²) in [4.78, 5) is 0. The molecule has 0 spiro atoms. The van der Waals surface area contributed by atoms with Crippen LogP contribution in [0.3, 0.4) is 0 Å². The first-order valence-electron chi connectivity index (χ1n) is 5.57. The van der Waals surface area contributed by atoms with Crippen LogP contribution in [-0.2, 0) is 0 Å². The van der Waals surface area contributed by atoms with Crippen LogP contribution < -0.4 is 0 Å². The van der Waals surface area contributed by atoms with E-state index in [0.717, 1.165) is 0 Å². The van der Waals surface area contributed by atoms with Crippen molar-refractivity contribution in [1.29, 1.82) is 0 Å². The molecule has 2 rings (SSSR count). The average Bonchev–Trinajstić information content (AvgIpc) is 2.39. The Balaban J connectivity index is 2.26. The second-order valence-corrected chi connectivity index (χ2v) is 4.07. The van der Waals surface area contributed by atoms with Gasteiger partial charge in [-0.25, -0.2) is 0 Å². The van der Waals surface area contributed by atoms with Gasteiger partial charge in [0.1, 0.15) is 0 Å². The maximum absolute atomic E-state index is 9.07. The molecule has 0 bridgehead atoms. The summed E-state index contributed by atoms with van der Waals surface area (Å²) in [5.41, 5.74) is 3.63. The molecule has 16 heavy (non-hydrogen) atoms. The van der Waals surface area contributed by atoms with Gasteiger partial charge in [0.25, 0.3) is 0 Å². The van der Waals surface area contributed by atoms with Gasteiger partial charge in [-0.05, 0) is 16.7 Å². The van der Waals surface area contributed by atoms with Gasteiger partial charge in [0.05, 0.1) is 0 Å². The van der Waals surface area contributed by atoms with Crippen molar-refractivity contribution in [3.05, 3.63) is 60.2 Å². The topological polar surface area (TPSA) is 20.2 Å². The van der Waals surface area contributed by atoms with E-state index in [-0.39, 0.29) is 12.5 Å². The highest BCUT2D eigenvalue weighted by molar-refractivity contribution is 5.63. The minimum absolute atomic E-state index is 0.199. The monoisotopic (exact) mass is 212 g/mol. The molecule has 0 radical (unpaired) electrons. The second kappa shape index (κ2) is 4.95. The summed E-state index contributed by atoms with van der Waals surface area (Å²) in [6, 6.07) is 18.7. The molecule has 1 heteroatoms. The summed E-state index contributed by atoms with van der Waals surface area (Å²) in [5, 5.41) is 9.07. The summed E-state index contributed by atoms with van der Waals surface area (Å²) in [6.45, 7) is 2.22. The van der Waals surface area contributed by atoms with Crippen LogP contribution in [0.15, 0.2) is 54.6 Å². The fourth-order valence-corrected chi connectivity index (χ4v) is 1.74. The summed E-state index contributed by atoms with van der Waals surface area (Å²) in [5.74, 6) is 0.213. The first kappa shape index (κ1) is 10.9. The van der Waals surface area contributed by atoms with Crippen molar-refractivity contribution in [1.82, 2.24) is 0 Å². The van der Waals surface area contributed by atoms with Gasteiger partial charge in [-0.2, -0.15) is 0 Å². The lowest BCUT2D eigenvalue weighted by atomic mass is 9.98. The molecule has 0 amide bonds. The van der Waals surface area contributed by atoms with Gasteiger partial charge < -0.3 is 5.11 Å². The Kier molecular flexibility index (Phi) is 3.37. The zero-order valence-corrected chi connectivity index (χ0v) is 9.43. The predicted octanol–water partition coefficient (Wildman–Crippen LogP) is 3.45. The van der Waals surface area contributed by atoms with Gasteiger partial charge in [-0.1, -0.05) is 61.5 Å².